The fourth-order valence-electron chi connectivity index (χ4n) is 2.94. The minimum Gasteiger partial charge on any atom is -0.354 e. The number of para-hydroxylation sites is 1. The molecule has 4 rings (SSSR count). The van der Waals surface area contributed by atoms with Crippen LogP contribution in [-0.2, 0) is 17.1 Å². The maximum atomic E-state index is 12.1. The Morgan fingerprint density at radius 2 is 1.91 bits per heavy atom. The van der Waals surface area contributed by atoms with E-state index in [1.807, 2.05) is 42.5 Å². The highest BCUT2D eigenvalue weighted by Crippen LogP contribution is 2.31. The number of thioether (sulfide) groups is 2. The largest absolute Gasteiger partial charge is 0.354 e. The van der Waals surface area contributed by atoms with Crippen molar-refractivity contribution in [2.45, 2.75) is 28.2 Å². The number of hydrogen-bond donors (Lipinski definition) is 1. The second kappa shape index (κ2) is 11.1. The molecule has 4 aromatic rings. The van der Waals surface area contributed by atoms with Gasteiger partial charge in [0.1, 0.15) is 5.82 Å². The van der Waals surface area contributed by atoms with Crippen LogP contribution in [-0.4, -0.2) is 38.0 Å². The molecular weight excluding hydrogens is 460 g/mol. The van der Waals surface area contributed by atoms with Gasteiger partial charge < -0.3 is 9.88 Å². The number of thiazole rings is 1. The number of nitriles is 1. The van der Waals surface area contributed by atoms with Crippen LogP contribution in [0, 0.1) is 11.3 Å². The summed E-state index contributed by atoms with van der Waals surface area (Å²) in [4.78, 5) is 16.7. The van der Waals surface area contributed by atoms with E-state index in [2.05, 4.69) is 43.3 Å². The van der Waals surface area contributed by atoms with Crippen LogP contribution >= 0.6 is 34.9 Å². The normalized spacial score (nSPS) is 10.8. The van der Waals surface area contributed by atoms with E-state index in [0.717, 1.165) is 21.2 Å². The minimum absolute atomic E-state index is 0.120. The third-order valence-electron chi connectivity index (χ3n) is 4.47. The number of fused-ring (bicyclic) bond motifs is 1. The molecule has 2 aromatic carbocycles. The highest BCUT2D eigenvalue weighted by atomic mass is 32.2. The summed E-state index contributed by atoms with van der Waals surface area (Å²) < 4.78 is 4.22. The lowest BCUT2D eigenvalue weighted by molar-refractivity contribution is -0.118. The standard InChI is InChI=1S/C22H20N6OS3/c23-11-6-12-24-20(29)15-30-21-27-26-19(28(21)13-16-7-2-1-3-8-16)14-31-22-25-17-9-4-5-10-18(17)32-22/h1-5,7-10H,6,12-15H2,(H,24,29). The van der Waals surface area contributed by atoms with Gasteiger partial charge in [0.25, 0.3) is 0 Å². The smallest absolute Gasteiger partial charge is 0.230 e. The van der Waals surface area contributed by atoms with E-state index in [4.69, 9.17) is 5.26 Å². The predicted octanol–water partition coefficient (Wildman–Crippen LogP) is 4.35. The average molecular weight is 481 g/mol. The second-order valence-corrected chi connectivity index (χ2v) is 9.95. The fraction of sp³-hybridized carbons (Fsp3) is 0.227. The molecule has 0 aliphatic heterocycles. The van der Waals surface area contributed by atoms with Gasteiger partial charge in [-0.25, -0.2) is 4.98 Å². The molecule has 1 N–H and O–H groups in total. The summed E-state index contributed by atoms with van der Waals surface area (Å²) in [7, 11) is 0. The predicted molar refractivity (Wildman–Crippen MR) is 129 cm³/mol. The van der Waals surface area contributed by atoms with E-state index >= 15 is 0 Å². The maximum Gasteiger partial charge on any atom is 0.230 e. The van der Waals surface area contributed by atoms with E-state index in [1.54, 1.807) is 23.1 Å². The molecule has 0 spiro atoms. The molecule has 2 aromatic heterocycles. The lowest BCUT2D eigenvalue weighted by atomic mass is 10.2. The first-order chi connectivity index (χ1) is 15.7. The van der Waals surface area contributed by atoms with Gasteiger partial charge in [-0.1, -0.05) is 66.0 Å². The lowest BCUT2D eigenvalue weighted by Gasteiger charge is -2.10. The topological polar surface area (TPSA) is 96.5 Å². The molecule has 162 valence electrons. The van der Waals surface area contributed by atoms with Crippen LogP contribution in [0.25, 0.3) is 10.2 Å². The summed E-state index contributed by atoms with van der Waals surface area (Å²) >= 11 is 4.66. The Hall–Kier alpha value is -2.87. The zero-order valence-corrected chi connectivity index (χ0v) is 19.6. The fourth-order valence-corrected chi connectivity index (χ4v) is 5.73. The van der Waals surface area contributed by atoms with Crippen LogP contribution in [0.1, 0.15) is 17.8 Å². The number of benzene rings is 2. The molecule has 10 heteroatoms. The molecule has 2 heterocycles. The summed E-state index contributed by atoms with van der Waals surface area (Å²) in [5.74, 6) is 1.58. The molecule has 0 unspecified atom stereocenters. The zero-order chi connectivity index (χ0) is 22.2. The summed E-state index contributed by atoms with van der Waals surface area (Å²) in [5.41, 5.74) is 2.14. The molecule has 32 heavy (non-hydrogen) atoms. The minimum atomic E-state index is -0.120. The highest BCUT2D eigenvalue weighted by Gasteiger charge is 2.16. The van der Waals surface area contributed by atoms with Gasteiger partial charge in [-0.15, -0.1) is 21.5 Å². The lowest BCUT2D eigenvalue weighted by Crippen LogP contribution is -2.26. The summed E-state index contributed by atoms with van der Waals surface area (Å²) in [5, 5.41) is 20.8. The number of nitrogens with zero attached hydrogens (tertiary/aromatic N) is 5. The SMILES string of the molecule is N#CCCNC(=O)CSc1nnc(CSc2nc3ccccc3s2)n1Cc1ccccc1. The monoisotopic (exact) mass is 480 g/mol. The molecular formula is C22H20N6OS3. The van der Waals surface area contributed by atoms with Crippen LogP contribution in [0.5, 0.6) is 0 Å². The summed E-state index contributed by atoms with van der Waals surface area (Å²) in [6, 6.07) is 20.2. The van der Waals surface area contributed by atoms with Gasteiger partial charge in [0.15, 0.2) is 9.50 Å². The van der Waals surface area contributed by atoms with Gasteiger partial charge in [-0.2, -0.15) is 5.26 Å². The van der Waals surface area contributed by atoms with Gasteiger partial charge in [0, 0.05) is 6.54 Å². The molecule has 7 nitrogen and oxygen atoms in total. The van der Waals surface area contributed by atoms with Crippen LogP contribution in [0.15, 0.2) is 64.1 Å². The third-order valence-corrected chi connectivity index (χ3v) is 7.61. The Bertz CT molecular complexity index is 1200. The Kier molecular flexibility index (Phi) is 7.77. The number of carbonyl (C=O) groups excluding carboxylic acids is 1. The van der Waals surface area contributed by atoms with Crippen molar-refractivity contribution in [3.05, 3.63) is 66.0 Å². The Morgan fingerprint density at radius 1 is 1.09 bits per heavy atom. The van der Waals surface area contributed by atoms with Crippen LogP contribution in [0.2, 0.25) is 0 Å². The molecule has 0 fully saturated rings. The summed E-state index contributed by atoms with van der Waals surface area (Å²) in [6.07, 6.45) is 0.299. The van der Waals surface area contributed by atoms with Crippen molar-refractivity contribution < 1.29 is 4.79 Å². The van der Waals surface area contributed by atoms with Crippen molar-refractivity contribution >= 4 is 51.0 Å². The third kappa shape index (κ3) is 5.88. The number of hydrogen-bond acceptors (Lipinski definition) is 8. The van der Waals surface area contributed by atoms with Gasteiger partial charge in [0.2, 0.25) is 5.91 Å². The molecule has 1 amide bonds. The van der Waals surface area contributed by atoms with Crippen molar-refractivity contribution in [3.63, 3.8) is 0 Å². The van der Waals surface area contributed by atoms with Crippen LogP contribution < -0.4 is 5.32 Å². The van der Waals surface area contributed by atoms with E-state index in [9.17, 15) is 4.79 Å². The van der Waals surface area contributed by atoms with E-state index in [1.165, 1.54) is 16.5 Å². The van der Waals surface area contributed by atoms with E-state index in [0.29, 0.717) is 30.4 Å². The van der Waals surface area contributed by atoms with E-state index < -0.39 is 0 Å². The Morgan fingerprint density at radius 3 is 2.72 bits per heavy atom. The quantitative estimate of drug-likeness (QED) is 0.266. The van der Waals surface area contributed by atoms with Gasteiger partial charge in [-0.3, -0.25) is 4.79 Å². The number of amides is 1. The Labute approximate surface area is 198 Å². The molecule has 0 atom stereocenters. The molecule has 0 aliphatic carbocycles. The van der Waals surface area contributed by atoms with E-state index in [-0.39, 0.29) is 11.7 Å². The number of nitrogens with one attached hydrogen (secondary N) is 1. The number of aromatic nitrogens is 4. The summed E-state index contributed by atoms with van der Waals surface area (Å²) in [6.45, 7) is 0.985. The van der Waals surface area contributed by atoms with Crippen molar-refractivity contribution in [1.29, 1.82) is 5.26 Å². The number of carbonyl (C=O) groups is 1. The first-order valence-electron chi connectivity index (χ1n) is 9.94. The van der Waals surface area contributed by atoms with Gasteiger partial charge in [-0.05, 0) is 17.7 Å². The van der Waals surface area contributed by atoms with Crippen LogP contribution in [0.4, 0.5) is 0 Å². The molecule has 0 bridgehead atoms. The van der Waals surface area contributed by atoms with Crippen molar-refractivity contribution in [1.82, 2.24) is 25.1 Å². The maximum absolute atomic E-state index is 12.1. The molecule has 0 aliphatic rings. The highest BCUT2D eigenvalue weighted by molar-refractivity contribution is 8.00. The molecule has 0 saturated heterocycles. The van der Waals surface area contributed by atoms with Crippen molar-refractivity contribution in [2.24, 2.45) is 0 Å². The average Bonchev–Trinajstić information content (AvgIpc) is 3.40. The first kappa shape index (κ1) is 22.3. The zero-order valence-electron chi connectivity index (χ0n) is 17.1. The first-order valence-corrected chi connectivity index (χ1v) is 12.7. The number of rotatable bonds is 10. The second-order valence-electron chi connectivity index (χ2n) is 6.75. The Balaban J connectivity index is 1.47. The molecule has 0 saturated carbocycles. The van der Waals surface area contributed by atoms with Gasteiger partial charge in [0.05, 0.1) is 40.8 Å². The molecule has 0 radical (unpaired) electrons. The van der Waals surface area contributed by atoms with Crippen LogP contribution in [0.3, 0.4) is 0 Å². The van der Waals surface area contributed by atoms with Crippen molar-refractivity contribution in [2.75, 3.05) is 12.3 Å². The van der Waals surface area contributed by atoms with Crippen molar-refractivity contribution in [3.8, 4) is 6.07 Å². The van der Waals surface area contributed by atoms with Gasteiger partial charge >= 0.3 is 0 Å².